The van der Waals surface area contributed by atoms with Crippen molar-refractivity contribution >= 4 is 29.9 Å². The SMILES string of the molecule is Cc1ccc(N2CCCC(NC(=O)C(C)(N)c3ccccc3)C2=O)cc1.Cl. The van der Waals surface area contributed by atoms with Crippen LogP contribution in [0, 0.1) is 6.92 Å². The molecule has 2 unspecified atom stereocenters. The van der Waals surface area contributed by atoms with Gasteiger partial charge in [0.25, 0.3) is 0 Å². The number of hydrogen-bond acceptors (Lipinski definition) is 3. The lowest BCUT2D eigenvalue weighted by atomic mass is 9.91. The lowest BCUT2D eigenvalue weighted by Gasteiger charge is -2.34. The van der Waals surface area contributed by atoms with Crippen LogP contribution in [-0.2, 0) is 15.1 Å². The molecule has 0 radical (unpaired) electrons. The van der Waals surface area contributed by atoms with Gasteiger partial charge in [0.2, 0.25) is 11.8 Å². The molecule has 0 spiro atoms. The van der Waals surface area contributed by atoms with E-state index in [2.05, 4.69) is 5.32 Å². The van der Waals surface area contributed by atoms with Crippen molar-refractivity contribution in [2.75, 3.05) is 11.4 Å². The van der Waals surface area contributed by atoms with Crippen LogP contribution in [0.2, 0.25) is 0 Å². The predicted molar refractivity (Wildman–Crippen MR) is 110 cm³/mol. The van der Waals surface area contributed by atoms with Gasteiger partial charge in [-0.05, 0) is 44.4 Å². The van der Waals surface area contributed by atoms with E-state index in [-0.39, 0.29) is 24.2 Å². The number of nitrogens with one attached hydrogen (secondary N) is 1. The summed E-state index contributed by atoms with van der Waals surface area (Å²) in [6, 6.07) is 16.5. The fourth-order valence-corrected chi connectivity index (χ4v) is 3.21. The molecule has 3 N–H and O–H groups in total. The van der Waals surface area contributed by atoms with E-state index in [0.717, 1.165) is 23.2 Å². The van der Waals surface area contributed by atoms with Crippen molar-refractivity contribution in [2.24, 2.45) is 5.73 Å². The standard InChI is InChI=1S/C21H25N3O2.ClH/c1-15-10-12-17(13-11-15)24-14-6-9-18(19(24)25)23-20(26)21(2,22)16-7-4-3-5-8-16;/h3-5,7-8,10-13,18H,6,9,14,22H2,1-2H3,(H,23,26);1H. The zero-order valence-electron chi connectivity index (χ0n) is 15.6. The van der Waals surface area contributed by atoms with Gasteiger partial charge in [-0.3, -0.25) is 9.59 Å². The minimum Gasteiger partial charge on any atom is -0.342 e. The Hall–Kier alpha value is -2.37. The zero-order valence-corrected chi connectivity index (χ0v) is 16.5. The fraction of sp³-hybridized carbons (Fsp3) is 0.333. The van der Waals surface area contributed by atoms with Gasteiger partial charge in [0.15, 0.2) is 0 Å². The summed E-state index contributed by atoms with van der Waals surface area (Å²) in [5, 5.41) is 2.86. The first kappa shape index (κ1) is 20.9. The van der Waals surface area contributed by atoms with E-state index in [4.69, 9.17) is 5.73 Å². The minimum atomic E-state index is -1.19. The molecule has 0 aromatic heterocycles. The van der Waals surface area contributed by atoms with Gasteiger partial charge in [0, 0.05) is 12.2 Å². The van der Waals surface area contributed by atoms with E-state index in [1.165, 1.54) is 0 Å². The highest BCUT2D eigenvalue weighted by atomic mass is 35.5. The molecule has 0 bridgehead atoms. The molecule has 1 aliphatic heterocycles. The maximum Gasteiger partial charge on any atom is 0.249 e. The number of rotatable bonds is 4. The van der Waals surface area contributed by atoms with E-state index < -0.39 is 11.6 Å². The Kier molecular flexibility index (Phi) is 6.63. The summed E-state index contributed by atoms with van der Waals surface area (Å²) >= 11 is 0. The van der Waals surface area contributed by atoms with Crippen LogP contribution in [0.1, 0.15) is 30.9 Å². The number of carbonyl (C=O) groups excluding carboxylic acids is 2. The van der Waals surface area contributed by atoms with Crippen LogP contribution < -0.4 is 16.0 Å². The molecule has 5 nitrogen and oxygen atoms in total. The first-order valence-electron chi connectivity index (χ1n) is 8.93. The highest BCUT2D eigenvalue weighted by molar-refractivity contribution is 6.01. The summed E-state index contributed by atoms with van der Waals surface area (Å²) in [6.45, 7) is 4.34. The second-order valence-electron chi connectivity index (χ2n) is 7.06. The van der Waals surface area contributed by atoms with Crippen molar-refractivity contribution in [3.8, 4) is 0 Å². The number of aryl methyl sites for hydroxylation is 1. The summed E-state index contributed by atoms with van der Waals surface area (Å²) in [6.07, 6.45) is 1.45. The number of halogens is 1. The topological polar surface area (TPSA) is 75.4 Å². The molecule has 6 heteroatoms. The van der Waals surface area contributed by atoms with E-state index >= 15 is 0 Å². The summed E-state index contributed by atoms with van der Waals surface area (Å²) in [4.78, 5) is 27.4. The average molecular weight is 388 g/mol. The van der Waals surface area contributed by atoms with Crippen LogP contribution in [0.15, 0.2) is 54.6 Å². The molecule has 2 aromatic carbocycles. The quantitative estimate of drug-likeness (QED) is 0.846. The van der Waals surface area contributed by atoms with Gasteiger partial charge in [-0.25, -0.2) is 0 Å². The van der Waals surface area contributed by atoms with Crippen molar-refractivity contribution in [3.63, 3.8) is 0 Å². The largest absolute Gasteiger partial charge is 0.342 e. The number of piperidine rings is 1. The number of anilines is 1. The van der Waals surface area contributed by atoms with Gasteiger partial charge in [0.1, 0.15) is 11.6 Å². The number of benzene rings is 2. The van der Waals surface area contributed by atoms with Crippen molar-refractivity contribution in [2.45, 2.75) is 38.3 Å². The van der Waals surface area contributed by atoms with Crippen LogP contribution in [0.3, 0.4) is 0 Å². The highest BCUT2D eigenvalue weighted by Crippen LogP contribution is 2.23. The van der Waals surface area contributed by atoms with E-state index in [1.807, 2.05) is 61.5 Å². The van der Waals surface area contributed by atoms with Gasteiger partial charge in [0.05, 0.1) is 0 Å². The maximum atomic E-state index is 12.9. The number of amides is 2. The Bertz CT molecular complexity index is 791. The van der Waals surface area contributed by atoms with Crippen LogP contribution in [-0.4, -0.2) is 24.4 Å². The average Bonchev–Trinajstić information content (AvgIpc) is 2.65. The van der Waals surface area contributed by atoms with Crippen LogP contribution >= 0.6 is 12.4 Å². The Labute approximate surface area is 166 Å². The molecule has 1 saturated heterocycles. The Morgan fingerprint density at radius 1 is 1.15 bits per heavy atom. The van der Waals surface area contributed by atoms with Crippen LogP contribution in [0.25, 0.3) is 0 Å². The molecule has 144 valence electrons. The first-order valence-corrected chi connectivity index (χ1v) is 8.93. The second-order valence-corrected chi connectivity index (χ2v) is 7.06. The Morgan fingerprint density at radius 3 is 2.41 bits per heavy atom. The fourth-order valence-electron chi connectivity index (χ4n) is 3.21. The number of carbonyl (C=O) groups is 2. The predicted octanol–water partition coefficient (Wildman–Crippen LogP) is 2.90. The summed E-state index contributed by atoms with van der Waals surface area (Å²) < 4.78 is 0. The number of nitrogens with zero attached hydrogens (tertiary/aromatic N) is 1. The van der Waals surface area contributed by atoms with Gasteiger partial charge < -0.3 is 16.0 Å². The molecule has 2 aromatic rings. The zero-order chi connectivity index (χ0) is 18.7. The number of hydrogen-bond donors (Lipinski definition) is 2. The molecule has 2 atom stereocenters. The molecular formula is C21H26ClN3O2. The molecule has 0 aliphatic carbocycles. The highest BCUT2D eigenvalue weighted by Gasteiger charge is 2.36. The van der Waals surface area contributed by atoms with Gasteiger partial charge >= 0.3 is 0 Å². The Balaban J connectivity index is 0.00000261. The smallest absolute Gasteiger partial charge is 0.249 e. The van der Waals surface area contributed by atoms with E-state index in [9.17, 15) is 9.59 Å². The first-order chi connectivity index (χ1) is 12.4. The van der Waals surface area contributed by atoms with Crippen LogP contribution in [0.5, 0.6) is 0 Å². The van der Waals surface area contributed by atoms with Crippen LogP contribution in [0.4, 0.5) is 5.69 Å². The number of nitrogens with two attached hydrogens (primary N) is 1. The van der Waals surface area contributed by atoms with Crippen molar-refractivity contribution in [3.05, 3.63) is 65.7 Å². The Morgan fingerprint density at radius 2 is 1.78 bits per heavy atom. The molecule has 1 fully saturated rings. The second kappa shape index (κ2) is 8.55. The normalized spacial score (nSPS) is 19.0. The van der Waals surface area contributed by atoms with E-state index in [1.54, 1.807) is 11.8 Å². The molecule has 1 heterocycles. The third kappa shape index (κ3) is 4.49. The molecule has 27 heavy (non-hydrogen) atoms. The van der Waals surface area contributed by atoms with Crippen molar-refractivity contribution in [1.29, 1.82) is 0 Å². The minimum absolute atomic E-state index is 0. The molecule has 2 amide bonds. The summed E-state index contributed by atoms with van der Waals surface area (Å²) in [5.74, 6) is -0.426. The molecule has 0 saturated carbocycles. The van der Waals surface area contributed by atoms with Crippen molar-refractivity contribution in [1.82, 2.24) is 5.32 Å². The monoisotopic (exact) mass is 387 g/mol. The lowest BCUT2D eigenvalue weighted by Crippen LogP contribution is -2.58. The van der Waals surface area contributed by atoms with Gasteiger partial charge in [-0.15, -0.1) is 12.4 Å². The van der Waals surface area contributed by atoms with Crippen molar-refractivity contribution < 1.29 is 9.59 Å². The maximum absolute atomic E-state index is 12.9. The lowest BCUT2D eigenvalue weighted by molar-refractivity contribution is -0.131. The molecule has 1 aliphatic rings. The third-order valence-electron chi connectivity index (χ3n) is 4.93. The summed E-state index contributed by atoms with van der Waals surface area (Å²) in [7, 11) is 0. The van der Waals surface area contributed by atoms with Gasteiger partial charge in [-0.2, -0.15) is 0 Å². The third-order valence-corrected chi connectivity index (χ3v) is 4.93. The van der Waals surface area contributed by atoms with E-state index in [0.29, 0.717) is 13.0 Å². The molecular weight excluding hydrogens is 362 g/mol. The molecule has 3 rings (SSSR count). The summed E-state index contributed by atoms with van der Waals surface area (Å²) in [5.41, 5.74) is 7.80. The van der Waals surface area contributed by atoms with Gasteiger partial charge in [-0.1, -0.05) is 48.0 Å².